The van der Waals surface area contributed by atoms with Gasteiger partial charge in [-0.15, -0.1) is 11.3 Å². The van der Waals surface area contributed by atoms with Crippen molar-refractivity contribution >= 4 is 38.7 Å². The lowest BCUT2D eigenvalue weighted by molar-refractivity contribution is 0.0920. The van der Waals surface area contributed by atoms with Crippen LogP contribution in [0.2, 0.25) is 0 Å². The van der Waals surface area contributed by atoms with Crippen LogP contribution in [0.4, 0.5) is 0 Å². The Labute approximate surface area is 130 Å². The van der Waals surface area contributed by atoms with E-state index in [2.05, 4.69) is 5.32 Å². The average molecular weight is 317 g/mol. The molecule has 0 radical (unpaired) electrons. The molecule has 2 heterocycles. The van der Waals surface area contributed by atoms with Crippen molar-refractivity contribution in [2.24, 2.45) is 0 Å². The Hall–Kier alpha value is -1.69. The summed E-state index contributed by atoms with van der Waals surface area (Å²) in [6.07, 6.45) is -0.658. The Morgan fingerprint density at radius 3 is 2.86 bits per heavy atom. The first-order valence-electron chi connectivity index (χ1n) is 6.63. The van der Waals surface area contributed by atoms with Crippen molar-refractivity contribution in [3.05, 3.63) is 57.1 Å². The van der Waals surface area contributed by atoms with E-state index < -0.39 is 6.10 Å². The summed E-state index contributed by atoms with van der Waals surface area (Å²) in [5.41, 5.74) is 1.84. The van der Waals surface area contributed by atoms with Gasteiger partial charge in [0.05, 0.1) is 11.0 Å². The Morgan fingerprint density at radius 1 is 1.33 bits per heavy atom. The van der Waals surface area contributed by atoms with Gasteiger partial charge in [-0.2, -0.15) is 11.3 Å². The third kappa shape index (κ3) is 2.85. The maximum atomic E-state index is 12.3. The van der Waals surface area contributed by atoms with Crippen molar-refractivity contribution in [1.29, 1.82) is 0 Å². The Balaban J connectivity index is 1.74. The highest BCUT2D eigenvalue weighted by Gasteiger charge is 2.16. The van der Waals surface area contributed by atoms with Gasteiger partial charge in [0.15, 0.2) is 0 Å². The zero-order valence-electron chi connectivity index (χ0n) is 11.5. The van der Waals surface area contributed by atoms with Gasteiger partial charge in [0.1, 0.15) is 0 Å². The SMILES string of the molecule is Cc1c(C(=O)NCC(O)c2ccsc2)sc2ccccc12. The highest BCUT2D eigenvalue weighted by atomic mass is 32.1. The molecule has 1 atom stereocenters. The summed E-state index contributed by atoms with van der Waals surface area (Å²) in [5.74, 6) is -0.122. The molecule has 0 aliphatic carbocycles. The van der Waals surface area contributed by atoms with Crippen LogP contribution in [0.1, 0.15) is 26.9 Å². The highest BCUT2D eigenvalue weighted by molar-refractivity contribution is 7.21. The fourth-order valence-corrected chi connectivity index (χ4v) is 4.08. The minimum atomic E-state index is -0.658. The van der Waals surface area contributed by atoms with E-state index in [0.29, 0.717) is 4.88 Å². The predicted octanol–water partition coefficient (Wildman–Crippen LogP) is 3.73. The Morgan fingerprint density at radius 2 is 2.14 bits per heavy atom. The molecule has 0 bridgehead atoms. The van der Waals surface area contributed by atoms with Crippen molar-refractivity contribution in [2.75, 3.05) is 6.54 Å². The third-order valence-corrected chi connectivity index (χ3v) is 5.41. The number of benzene rings is 1. The minimum absolute atomic E-state index is 0.122. The van der Waals surface area contributed by atoms with E-state index >= 15 is 0 Å². The molecule has 0 spiro atoms. The molecule has 1 aromatic carbocycles. The number of aryl methyl sites for hydroxylation is 1. The van der Waals surface area contributed by atoms with Crippen LogP contribution in [0.5, 0.6) is 0 Å². The van der Waals surface area contributed by atoms with Gasteiger partial charge in [-0.25, -0.2) is 0 Å². The number of carbonyl (C=O) groups excluding carboxylic acids is 1. The fourth-order valence-electron chi connectivity index (χ4n) is 2.24. The molecular formula is C16H15NO2S2. The number of aliphatic hydroxyl groups is 1. The normalized spacial score (nSPS) is 12.5. The molecule has 3 nitrogen and oxygen atoms in total. The van der Waals surface area contributed by atoms with Crippen LogP contribution >= 0.6 is 22.7 Å². The first-order valence-corrected chi connectivity index (χ1v) is 8.39. The average Bonchev–Trinajstić information content (AvgIpc) is 3.13. The number of rotatable bonds is 4. The van der Waals surface area contributed by atoms with Crippen LogP contribution in [-0.4, -0.2) is 17.6 Å². The van der Waals surface area contributed by atoms with E-state index in [-0.39, 0.29) is 12.5 Å². The van der Waals surface area contributed by atoms with Gasteiger partial charge in [0.25, 0.3) is 5.91 Å². The first kappa shape index (κ1) is 14.3. The summed E-state index contributed by atoms with van der Waals surface area (Å²) < 4.78 is 1.11. The van der Waals surface area contributed by atoms with Crippen LogP contribution in [0, 0.1) is 6.92 Å². The monoisotopic (exact) mass is 317 g/mol. The van der Waals surface area contributed by atoms with Crippen molar-refractivity contribution in [1.82, 2.24) is 5.32 Å². The van der Waals surface area contributed by atoms with Crippen LogP contribution in [0.3, 0.4) is 0 Å². The fraction of sp³-hybridized carbons (Fsp3) is 0.188. The molecule has 2 N–H and O–H groups in total. The van der Waals surface area contributed by atoms with Crippen molar-refractivity contribution in [2.45, 2.75) is 13.0 Å². The molecule has 0 fully saturated rings. The van der Waals surface area contributed by atoms with Crippen molar-refractivity contribution < 1.29 is 9.90 Å². The van der Waals surface area contributed by atoms with E-state index in [1.165, 1.54) is 22.7 Å². The molecule has 0 saturated carbocycles. The van der Waals surface area contributed by atoms with E-state index in [0.717, 1.165) is 21.2 Å². The predicted molar refractivity (Wildman–Crippen MR) is 88.2 cm³/mol. The summed E-state index contributed by atoms with van der Waals surface area (Å²) in [5, 5.41) is 17.7. The second-order valence-corrected chi connectivity index (χ2v) is 6.67. The molecule has 108 valence electrons. The number of thiophene rings is 2. The number of hydrogen-bond acceptors (Lipinski definition) is 4. The number of carbonyl (C=O) groups is 1. The maximum Gasteiger partial charge on any atom is 0.261 e. The lowest BCUT2D eigenvalue weighted by Gasteiger charge is -2.10. The second-order valence-electron chi connectivity index (χ2n) is 4.83. The van der Waals surface area contributed by atoms with Crippen LogP contribution in [0.15, 0.2) is 41.1 Å². The lowest BCUT2D eigenvalue weighted by Crippen LogP contribution is -2.28. The zero-order valence-corrected chi connectivity index (χ0v) is 13.1. The largest absolute Gasteiger partial charge is 0.387 e. The number of amides is 1. The van der Waals surface area contributed by atoms with Crippen LogP contribution < -0.4 is 5.32 Å². The summed E-state index contributed by atoms with van der Waals surface area (Å²) in [6.45, 7) is 2.19. The zero-order chi connectivity index (χ0) is 14.8. The van der Waals surface area contributed by atoms with Gasteiger partial charge < -0.3 is 10.4 Å². The number of fused-ring (bicyclic) bond motifs is 1. The van der Waals surface area contributed by atoms with E-state index in [1.807, 2.05) is 48.0 Å². The Kier molecular flexibility index (Phi) is 4.05. The first-order chi connectivity index (χ1) is 10.2. The van der Waals surface area contributed by atoms with Crippen LogP contribution in [-0.2, 0) is 0 Å². The summed E-state index contributed by atoms with van der Waals surface area (Å²) in [7, 11) is 0. The summed E-state index contributed by atoms with van der Waals surface area (Å²) in [4.78, 5) is 13.0. The van der Waals surface area contributed by atoms with Gasteiger partial charge in [-0.1, -0.05) is 18.2 Å². The van der Waals surface area contributed by atoms with Crippen molar-refractivity contribution in [3.8, 4) is 0 Å². The Bertz CT molecular complexity index is 762. The van der Waals surface area contributed by atoms with E-state index in [1.54, 1.807) is 0 Å². The molecule has 5 heteroatoms. The molecule has 0 aliphatic heterocycles. The molecule has 1 amide bonds. The molecule has 0 aliphatic rings. The van der Waals surface area contributed by atoms with Gasteiger partial charge in [-0.05, 0) is 46.3 Å². The summed E-state index contributed by atoms with van der Waals surface area (Å²) in [6, 6.07) is 9.86. The standard InChI is InChI=1S/C16H15NO2S2/c1-10-12-4-2-3-5-14(12)21-15(10)16(19)17-8-13(18)11-6-7-20-9-11/h2-7,9,13,18H,8H2,1H3,(H,17,19). The number of hydrogen-bond donors (Lipinski definition) is 2. The molecule has 3 aromatic rings. The number of aliphatic hydroxyl groups excluding tert-OH is 1. The molecule has 0 saturated heterocycles. The molecule has 21 heavy (non-hydrogen) atoms. The second kappa shape index (κ2) is 5.97. The van der Waals surface area contributed by atoms with Gasteiger partial charge in [0, 0.05) is 11.2 Å². The topological polar surface area (TPSA) is 49.3 Å². The molecule has 3 rings (SSSR count). The molecule has 2 aromatic heterocycles. The van der Waals surface area contributed by atoms with E-state index in [9.17, 15) is 9.90 Å². The van der Waals surface area contributed by atoms with Gasteiger partial charge in [0.2, 0.25) is 0 Å². The smallest absolute Gasteiger partial charge is 0.261 e. The van der Waals surface area contributed by atoms with Gasteiger partial charge in [-0.3, -0.25) is 4.79 Å². The molecule has 1 unspecified atom stereocenters. The molecular weight excluding hydrogens is 302 g/mol. The third-order valence-electron chi connectivity index (χ3n) is 3.43. The van der Waals surface area contributed by atoms with Gasteiger partial charge >= 0.3 is 0 Å². The van der Waals surface area contributed by atoms with Crippen molar-refractivity contribution in [3.63, 3.8) is 0 Å². The number of nitrogens with one attached hydrogen (secondary N) is 1. The quantitative estimate of drug-likeness (QED) is 0.770. The summed E-state index contributed by atoms with van der Waals surface area (Å²) >= 11 is 3.02. The highest BCUT2D eigenvalue weighted by Crippen LogP contribution is 2.30. The minimum Gasteiger partial charge on any atom is -0.387 e. The lowest BCUT2D eigenvalue weighted by atomic mass is 10.1. The maximum absolute atomic E-state index is 12.3. The van der Waals surface area contributed by atoms with Crippen LogP contribution in [0.25, 0.3) is 10.1 Å². The van der Waals surface area contributed by atoms with E-state index in [4.69, 9.17) is 0 Å².